The summed E-state index contributed by atoms with van der Waals surface area (Å²) < 4.78 is 0. The molecule has 1 aliphatic rings. The van der Waals surface area contributed by atoms with Gasteiger partial charge in [-0.1, -0.05) is 44.7 Å². The Hall–Kier alpha value is -2.08. The number of nitrogens with one attached hydrogen (secondary N) is 1. The van der Waals surface area contributed by atoms with E-state index in [1.807, 2.05) is 45.9 Å². The van der Waals surface area contributed by atoms with E-state index < -0.39 is 11.5 Å². The fourth-order valence-electron chi connectivity index (χ4n) is 2.33. The molecule has 0 bridgehead atoms. The molecule has 6 heteroatoms. The van der Waals surface area contributed by atoms with Crippen molar-refractivity contribution in [2.45, 2.75) is 40.7 Å². The molecule has 1 aliphatic heterocycles. The molecule has 1 heterocycles. The number of allylic oxidation sites excluding steroid dienone is 1. The summed E-state index contributed by atoms with van der Waals surface area (Å²) in [5.74, 6) is -0.271. The molecule has 25 heavy (non-hydrogen) atoms. The Balaban J connectivity index is 2.18. The molecule has 134 valence electrons. The molecule has 1 saturated heterocycles. The number of benzene rings is 1. The highest BCUT2D eigenvalue weighted by Crippen LogP contribution is 2.32. The van der Waals surface area contributed by atoms with Crippen LogP contribution in [0.2, 0.25) is 0 Å². The number of carbonyl (C=O) groups excluding carboxylic acids is 3. The van der Waals surface area contributed by atoms with Gasteiger partial charge in [0.1, 0.15) is 6.04 Å². The summed E-state index contributed by atoms with van der Waals surface area (Å²) in [4.78, 5) is 38.5. The van der Waals surface area contributed by atoms with Crippen LogP contribution in [-0.4, -0.2) is 34.3 Å². The number of anilines is 1. The maximum absolute atomic E-state index is 12.6. The maximum Gasteiger partial charge on any atom is 0.247 e. The van der Waals surface area contributed by atoms with Gasteiger partial charge in [0.05, 0.1) is 10.8 Å². The van der Waals surface area contributed by atoms with Crippen molar-refractivity contribution < 1.29 is 14.4 Å². The number of carbonyl (C=O) groups is 3. The van der Waals surface area contributed by atoms with E-state index in [-0.39, 0.29) is 23.4 Å². The van der Waals surface area contributed by atoms with Gasteiger partial charge in [0.25, 0.3) is 0 Å². The molecule has 0 radical (unpaired) electrons. The monoisotopic (exact) mass is 360 g/mol. The van der Waals surface area contributed by atoms with E-state index in [1.165, 1.54) is 22.7 Å². The molecule has 1 aromatic rings. The molecule has 0 spiro atoms. The van der Waals surface area contributed by atoms with Crippen molar-refractivity contribution in [3.05, 3.63) is 40.9 Å². The number of thioether (sulfide) groups is 1. The number of ketones is 1. The second-order valence-corrected chi connectivity index (χ2v) is 8.18. The lowest BCUT2D eigenvalue weighted by atomic mass is 9.91. The Morgan fingerprint density at radius 2 is 2.00 bits per heavy atom. The van der Waals surface area contributed by atoms with Crippen molar-refractivity contribution in [3.63, 3.8) is 0 Å². The van der Waals surface area contributed by atoms with Gasteiger partial charge in [0.2, 0.25) is 11.8 Å². The number of hydrogen-bond acceptors (Lipinski definition) is 4. The minimum atomic E-state index is -0.693. The van der Waals surface area contributed by atoms with Gasteiger partial charge in [0, 0.05) is 17.2 Å². The summed E-state index contributed by atoms with van der Waals surface area (Å²) in [6, 6.07) is 6.78. The lowest BCUT2D eigenvalue weighted by molar-refractivity contribution is -0.132. The number of nitrogens with zero attached hydrogens (tertiary/aromatic N) is 1. The van der Waals surface area contributed by atoms with Crippen molar-refractivity contribution in [1.29, 1.82) is 0 Å². The zero-order valence-corrected chi connectivity index (χ0v) is 16.1. The van der Waals surface area contributed by atoms with Gasteiger partial charge in [0.15, 0.2) is 5.78 Å². The van der Waals surface area contributed by atoms with E-state index in [1.54, 1.807) is 13.0 Å². The lowest BCUT2D eigenvalue weighted by Gasteiger charge is -2.25. The van der Waals surface area contributed by atoms with Crippen molar-refractivity contribution in [3.8, 4) is 0 Å². The smallest absolute Gasteiger partial charge is 0.247 e. The zero-order valence-electron chi connectivity index (χ0n) is 15.3. The molecule has 2 rings (SSSR count). The second-order valence-electron chi connectivity index (χ2n) is 7.18. The molecule has 1 aromatic carbocycles. The van der Waals surface area contributed by atoms with Crippen LogP contribution in [0.1, 0.15) is 33.3 Å². The van der Waals surface area contributed by atoms with Crippen molar-refractivity contribution in [1.82, 2.24) is 4.90 Å². The third kappa shape index (κ3) is 4.72. The highest BCUT2D eigenvalue weighted by molar-refractivity contribution is 8.04. The van der Waals surface area contributed by atoms with Gasteiger partial charge in [-0.15, -0.1) is 0 Å². The molecule has 0 aromatic heterocycles. The molecule has 1 atom stereocenters. The average Bonchev–Trinajstić information content (AvgIpc) is 2.86. The predicted octanol–water partition coefficient (Wildman–Crippen LogP) is 3.35. The Bertz CT molecular complexity index is 734. The van der Waals surface area contributed by atoms with Crippen LogP contribution in [0.4, 0.5) is 5.69 Å². The molecule has 1 fully saturated rings. The van der Waals surface area contributed by atoms with Crippen LogP contribution in [0.25, 0.3) is 0 Å². The largest absolute Gasteiger partial charge is 0.324 e. The van der Waals surface area contributed by atoms with E-state index in [9.17, 15) is 14.4 Å². The molecule has 1 N–H and O–H groups in total. The molecule has 5 nitrogen and oxygen atoms in total. The fraction of sp³-hybridized carbons (Fsp3) is 0.421. The van der Waals surface area contributed by atoms with E-state index >= 15 is 0 Å². The summed E-state index contributed by atoms with van der Waals surface area (Å²) in [5.41, 5.74) is 1.19. The molecule has 0 aliphatic carbocycles. The summed E-state index contributed by atoms with van der Waals surface area (Å²) in [5, 5.41) is 3.37. The number of hydrogen-bond donors (Lipinski definition) is 1. The molecule has 0 unspecified atom stereocenters. The SMILES string of the molecule is Cc1cccc(NC(=O)[C@H](C)N2C(=O)CS/C2=C\C(=O)C(C)(C)C)c1. The summed E-state index contributed by atoms with van der Waals surface area (Å²) >= 11 is 1.29. The topological polar surface area (TPSA) is 66.5 Å². The minimum Gasteiger partial charge on any atom is -0.324 e. The molecular formula is C19H24N2O3S. The van der Waals surface area contributed by atoms with Crippen LogP contribution >= 0.6 is 11.8 Å². The Morgan fingerprint density at radius 1 is 1.32 bits per heavy atom. The third-order valence-electron chi connectivity index (χ3n) is 3.90. The van der Waals surface area contributed by atoms with Crippen LogP contribution in [0.5, 0.6) is 0 Å². The van der Waals surface area contributed by atoms with Crippen LogP contribution in [0.3, 0.4) is 0 Å². The van der Waals surface area contributed by atoms with Gasteiger partial charge >= 0.3 is 0 Å². The Labute approximate surface area is 152 Å². The standard InChI is InChI=1S/C19H24N2O3S/c1-12-7-6-8-14(9-12)20-18(24)13(2)21-16(23)11-25-17(21)10-15(22)19(3,4)5/h6-10,13H,11H2,1-5H3,(H,20,24)/b17-10-/t13-/m0/s1. The van der Waals surface area contributed by atoms with Gasteiger partial charge in [-0.2, -0.15) is 0 Å². The van der Waals surface area contributed by atoms with E-state index in [2.05, 4.69) is 5.32 Å². The van der Waals surface area contributed by atoms with E-state index in [0.717, 1.165) is 5.56 Å². The first kappa shape index (κ1) is 19.2. The van der Waals surface area contributed by atoms with Gasteiger partial charge in [-0.05, 0) is 31.5 Å². The Morgan fingerprint density at radius 3 is 2.60 bits per heavy atom. The van der Waals surface area contributed by atoms with Gasteiger partial charge in [-0.25, -0.2) is 0 Å². The van der Waals surface area contributed by atoms with Gasteiger partial charge < -0.3 is 5.32 Å². The first-order valence-electron chi connectivity index (χ1n) is 8.18. The first-order chi connectivity index (χ1) is 11.6. The fourth-order valence-corrected chi connectivity index (χ4v) is 3.33. The van der Waals surface area contributed by atoms with Crippen molar-refractivity contribution in [2.24, 2.45) is 5.41 Å². The quantitative estimate of drug-likeness (QED) is 0.836. The third-order valence-corrected chi connectivity index (χ3v) is 4.90. The minimum absolute atomic E-state index is 0.0685. The summed E-state index contributed by atoms with van der Waals surface area (Å²) in [6.07, 6.45) is 1.48. The average molecular weight is 360 g/mol. The molecule has 0 saturated carbocycles. The first-order valence-corrected chi connectivity index (χ1v) is 9.16. The Kier molecular flexibility index (Phi) is 5.72. The van der Waals surface area contributed by atoms with Gasteiger partial charge in [-0.3, -0.25) is 19.3 Å². The van der Waals surface area contributed by atoms with Crippen LogP contribution in [0.15, 0.2) is 35.4 Å². The number of amides is 2. The number of rotatable bonds is 4. The second kappa shape index (κ2) is 7.44. The normalized spacial score (nSPS) is 17.7. The maximum atomic E-state index is 12.6. The van der Waals surface area contributed by atoms with E-state index in [4.69, 9.17) is 0 Å². The number of aryl methyl sites for hydroxylation is 1. The zero-order chi connectivity index (χ0) is 18.8. The van der Waals surface area contributed by atoms with Crippen molar-refractivity contribution >= 4 is 35.0 Å². The highest BCUT2D eigenvalue weighted by atomic mass is 32.2. The highest BCUT2D eigenvalue weighted by Gasteiger charge is 2.35. The van der Waals surface area contributed by atoms with Crippen LogP contribution < -0.4 is 5.32 Å². The van der Waals surface area contributed by atoms with E-state index in [0.29, 0.717) is 10.7 Å². The molecular weight excluding hydrogens is 336 g/mol. The van der Waals surface area contributed by atoms with Crippen molar-refractivity contribution in [2.75, 3.05) is 11.1 Å². The van der Waals surface area contributed by atoms with Crippen LogP contribution in [0, 0.1) is 12.3 Å². The lowest BCUT2D eigenvalue weighted by Crippen LogP contribution is -2.42. The van der Waals surface area contributed by atoms with Crippen LogP contribution in [-0.2, 0) is 14.4 Å². The molecule has 2 amide bonds. The summed E-state index contributed by atoms with van der Waals surface area (Å²) in [7, 11) is 0. The summed E-state index contributed by atoms with van der Waals surface area (Å²) in [6.45, 7) is 9.09. The predicted molar refractivity (Wildman–Crippen MR) is 101 cm³/mol.